The van der Waals surface area contributed by atoms with Gasteiger partial charge in [0.1, 0.15) is 78.5 Å². The molecule has 1 aliphatic heterocycles. The van der Waals surface area contributed by atoms with Crippen LogP contribution in [0.15, 0.2) is 35.3 Å². The highest BCUT2D eigenvalue weighted by Crippen LogP contribution is 2.22. The number of carboxylic acids is 3. The number of primary amides is 1. The number of aliphatic hydroxyl groups excluding tert-OH is 2. The molecule has 0 aromatic heterocycles. The molecule has 1 aliphatic rings. The summed E-state index contributed by atoms with van der Waals surface area (Å²) in [4.78, 5) is 246. The van der Waals surface area contributed by atoms with Crippen molar-refractivity contribution < 1.29 is 112 Å². The minimum Gasteiger partial charge on any atom is -0.481 e. The van der Waals surface area contributed by atoms with E-state index in [0.717, 1.165) is 6.92 Å². The highest BCUT2D eigenvalue weighted by Gasteiger charge is 2.42. The second-order valence-electron chi connectivity index (χ2n) is 28.0. The van der Waals surface area contributed by atoms with E-state index in [1.807, 2.05) is 11.6 Å². The van der Waals surface area contributed by atoms with E-state index in [1.54, 1.807) is 51.2 Å². The van der Waals surface area contributed by atoms with Gasteiger partial charge in [0.05, 0.1) is 45.1 Å². The number of amides is 15. The lowest BCUT2D eigenvalue weighted by molar-refractivity contribution is -0.148. The van der Waals surface area contributed by atoms with Crippen LogP contribution < -0.4 is 104 Å². The number of rotatable bonds is 56. The molecule has 30 N–H and O–H groups in total. The van der Waals surface area contributed by atoms with E-state index in [9.17, 15) is 107 Å². The van der Waals surface area contributed by atoms with E-state index >= 15 is 0 Å². The molecule has 1 aromatic rings. The maximum Gasteiger partial charge on any atom is 0.326 e. The van der Waals surface area contributed by atoms with Crippen molar-refractivity contribution in [3.8, 4) is 0 Å². The molecule has 15 amide bonds. The maximum absolute atomic E-state index is 14.6. The number of hydrogen-bond acceptors (Lipinski definition) is 25. The van der Waals surface area contributed by atoms with E-state index in [4.69, 9.17) is 39.5 Å². The van der Waals surface area contributed by atoms with Crippen LogP contribution in [0.3, 0.4) is 0 Å². The van der Waals surface area contributed by atoms with Crippen molar-refractivity contribution in [2.75, 3.05) is 57.9 Å². The van der Waals surface area contributed by atoms with Crippen molar-refractivity contribution in [1.29, 1.82) is 0 Å². The number of benzene rings is 1. The molecule has 116 heavy (non-hydrogen) atoms. The van der Waals surface area contributed by atoms with Gasteiger partial charge in [0.15, 0.2) is 5.96 Å². The molecular weight excluding hydrogens is 1550 g/mol. The topological polar surface area (TPSA) is 737 Å². The van der Waals surface area contributed by atoms with Gasteiger partial charge in [-0.05, 0) is 120 Å². The summed E-state index contributed by atoms with van der Waals surface area (Å²) >= 11 is 1.49. The third-order valence-electron chi connectivity index (χ3n) is 18.4. The average Bonchev–Trinajstić information content (AvgIpc) is 1.63. The number of carbonyl (C=O) groups is 18. The maximum atomic E-state index is 14.6. The summed E-state index contributed by atoms with van der Waals surface area (Å²) in [6.45, 7) is 5.18. The number of guanidine groups is 1. The van der Waals surface area contributed by atoms with Gasteiger partial charge in [-0.2, -0.15) is 11.8 Å². The van der Waals surface area contributed by atoms with Crippen molar-refractivity contribution in [2.24, 2.45) is 51.2 Å². The predicted octanol–water partition coefficient (Wildman–Crippen LogP) is -8.84. The summed E-state index contributed by atoms with van der Waals surface area (Å²) in [7, 11) is 0. The smallest absolute Gasteiger partial charge is 0.326 e. The van der Waals surface area contributed by atoms with Gasteiger partial charge in [-0.15, -0.1) is 0 Å². The second kappa shape index (κ2) is 53.3. The van der Waals surface area contributed by atoms with Crippen molar-refractivity contribution in [3.63, 3.8) is 0 Å². The lowest BCUT2D eigenvalue weighted by Crippen LogP contribution is -2.61. The first-order chi connectivity index (χ1) is 54.8. The van der Waals surface area contributed by atoms with Crippen LogP contribution in [-0.2, 0) is 92.7 Å². The minimum atomic E-state index is -2.10. The molecule has 2 rings (SSSR count). The zero-order valence-electron chi connectivity index (χ0n) is 65.9. The van der Waals surface area contributed by atoms with Gasteiger partial charge >= 0.3 is 17.9 Å². The van der Waals surface area contributed by atoms with Crippen molar-refractivity contribution in [1.82, 2.24) is 74.0 Å². The number of hydrogen-bond donors (Lipinski definition) is 24. The quantitative estimate of drug-likeness (QED) is 0.0164. The monoisotopic (exact) mass is 1660 g/mol. The summed E-state index contributed by atoms with van der Waals surface area (Å²) < 4.78 is 0. The zero-order valence-corrected chi connectivity index (χ0v) is 66.8. The molecule has 1 heterocycles. The summed E-state index contributed by atoms with van der Waals surface area (Å²) in [6, 6.07) is -14.1. The number of nitrogens with two attached hydrogens (primary N) is 6. The first kappa shape index (κ1) is 101. The van der Waals surface area contributed by atoms with Crippen LogP contribution in [0.25, 0.3) is 0 Å². The SMILES string of the molecule is CC[C@H](C)[C@H](NC(=O)[C@H](CCCN=C(N)N)NC(=O)[C@@H](NC(=O)[C@@H](N)CCSC)C(C)C)C(=O)N[C@@H](CCCCN)C(=O)N1CCC[C@H]1C(=O)NCC(=O)N[C@@H](CO)C(=O)N[C@@H](C)C(=O)N[C@@H](CC(N)=O)C(=O)N[C@@H](CCCCN)C(=O)N[C@@H](Cc1ccccc1)C(=O)N[C@@H](CO)C(=O)N[C@@H](CC(=O)O)C(=O)N[C@@H](CC(=O)O)C(=O)O. The highest BCUT2D eigenvalue weighted by molar-refractivity contribution is 7.98. The molecule has 0 saturated carbocycles. The molecule has 0 spiro atoms. The average molecular weight is 1660 g/mol. The molecule has 1 fully saturated rings. The Hall–Kier alpha value is -10.9. The number of likely N-dealkylation sites (tertiary alicyclic amines) is 1. The Labute approximate surface area is 674 Å². The van der Waals surface area contributed by atoms with Crippen LogP contribution in [0.1, 0.15) is 136 Å². The summed E-state index contributed by atoms with van der Waals surface area (Å²) in [6.07, 6.45) is 0.385. The van der Waals surface area contributed by atoms with E-state index in [0.29, 0.717) is 43.4 Å². The van der Waals surface area contributed by atoms with Crippen molar-refractivity contribution >= 4 is 124 Å². The molecule has 0 aliphatic carbocycles. The number of aliphatic carboxylic acids is 3. The number of nitrogens with zero attached hydrogens (tertiary/aromatic N) is 2. The summed E-state index contributed by atoms with van der Waals surface area (Å²) in [5.74, 6) is -21.2. The van der Waals surface area contributed by atoms with Gasteiger partial charge in [0, 0.05) is 19.5 Å². The Morgan fingerprint density at radius 1 is 0.517 bits per heavy atom. The van der Waals surface area contributed by atoms with E-state index in [1.165, 1.54) is 28.8 Å². The Bertz CT molecular complexity index is 3540. The van der Waals surface area contributed by atoms with E-state index in [-0.39, 0.29) is 83.5 Å². The van der Waals surface area contributed by atoms with Crippen LogP contribution in [0.4, 0.5) is 0 Å². The van der Waals surface area contributed by atoms with Crippen LogP contribution in [-0.4, -0.2) is 285 Å². The van der Waals surface area contributed by atoms with Gasteiger partial charge < -0.3 is 134 Å². The number of carbonyl (C=O) groups excluding carboxylic acids is 15. The largest absolute Gasteiger partial charge is 0.481 e. The number of aliphatic imine (C=N–C) groups is 1. The fraction of sp³-hybridized carbons (Fsp3) is 0.648. The fourth-order valence-electron chi connectivity index (χ4n) is 11.6. The van der Waals surface area contributed by atoms with Gasteiger partial charge in [0.25, 0.3) is 0 Å². The third kappa shape index (κ3) is 36.7. The van der Waals surface area contributed by atoms with E-state index in [2.05, 4.69) is 63.5 Å². The number of thioether (sulfide) groups is 1. The Kier molecular flexibility index (Phi) is 46.5. The lowest BCUT2D eigenvalue weighted by atomic mass is 9.96. The standard InChI is InChI=1S/C71H117N21O23S/c1-7-37(4)56(91-60(104)42(21-15-26-78-71(76)77)83-67(111)55(36(2)3)90-58(102)40(74)23-28-116-6)68(112)84-43(20-12-14-25-73)69(113)92-27-16-22-50(92)66(110)79-33-52(96)81-48(34-93)64(108)80-38(5)57(101)85-45(30-51(75)95)62(106)82-41(19-11-13-24-72)59(103)86-44(29-39-17-9-8-10-18-39)61(105)89-49(35-94)65(109)87-46(31-53(97)98)63(107)88-47(70(114)115)32-54(99)100/h8-10,17-18,36-38,40-50,55-56,93-94H,7,11-16,19-35,72-74H2,1-6H3,(H2,75,95)(H,79,110)(H,80,108)(H,81,96)(H,82,106)(H,83,111)(H,84,112)(H,85,101)(H,86,103)(H,87,109)(H,88,107)(H,89,105)(H,90,102)(H,91,104)(H,97,98)(H,99,100)(H,114,115)(H4,76,77,78)/t37-,38-,40-,41-,42-,43-,44-,45-,46-,47-,48-,49-,50-,55-,56-/m0/s1. The predicted molar refractivity (Wildman–Crippen MR) is 418 cm³/mol. The molecule has 15 atom stereocenters. The molecular formula is C71H117N21O23S. The second-order valence-corrected chi connectivity index (χ2v) is 29.0. The third-order valence-corrected chi connectivity index (χ3v) is 19.0. The van der Waals surface area contributed by atoms with E-state index < -0.39 is 242 Å². The van der Waals surface area contributed by atoms with Crippen LogP contribution in [0.5, 0.6) is 0 Å². The molecule has 45 heteroatoms. The van der Waals surface area contributed by atoms with Crippen LogP contribution >= 0.6 is 11.8 Å². The van der Waals surface area contributed by atoms with Gasteiger partial charge in [0.2, 0.25) is 88.6 Å². The lowest BCUT2D eigenvalue weighted by Gasteiger charge is -2.32. The molecule has 1 saturated heterocycles. The summed E-state index contributed by atoms with van der Waals surface area (Å²) in [5, 5.41) is 79.4. The molecule has 650 valence electrons. The Morgan fingerprint density at radius 2 is 0.974 bits per heavy atom. The minimum absolute atomic E-state index is 0.0263. The molecule has 0 unspecified atom stereocenters. The Morgan fingerprint density at radius 3 is 1.52 bits per heavy atom. The number of unbranched alkanes of at least 4 members (excludes halogenated alkanes) is 2. The number of nitrogens with one attached hydrogen (secondary N) is 13. The Balaban J connectivity index is 2.31. The van der Waals surface area contributed by atoms with Gasteiger partial charge in [-0.25, -0.2) is 4.79 Å². The van der Waals surface area contributed by atoms with Crippen molar-refractivity contribution in [3.05, 3.63) is 35.9 Å². The fourth-order valence-corrected chi connectivity index (χ4v) is 12.1. The normalized spacial score (nSPS) is 16.0. The number of aliphatic hydroxyl groups is 2. The summed E-state index contributed by atoms with van der Waals surface area (Å²) in [5.41, 5.74) is 34.6. The van der Waals surface area contributed by atoms with Gasteiger partial charge in [-0.3, -0.25) is 86.5 Å². The van der Waals surface area contributed by atoms with Crippen molar-refractivity contribution in [2.45, 2.75) is 222 Å². The molecule has 0 bridgehead atoms. The molecule has 44 nitrogen and oxygen atoms in total. The first-order valence-corrected chi connectivity index (χ1v) is 39.3. The molecule has 0 radical (unpaired) electrons. The highest BCUT2D eigenvalue weighted by atomic mass is 32.2. The van der Waals surface area contributed by atoms with Gasteiger partial charge in [-0.1, -0.05) is 64.4 Å². The first-order valence-electron chi connectivity index (χ1n) is 37.9. The number of carboxylic acid groups (broad SMARTS) is 3. The molecule has 1 aromatic carbocycles. The van der Waals surface area contributed by atoms with Crippen LogP contribution in [0.2, 0.25) is 0 Å². The van der Waals surface area contributed by atoms with Crippen LogP contribution in [0, 0.1) is 11.8 Å². The zero-order chi connectivity index (χ0) is 87.5.